The molecule has 0 heterocycles. The fraction of sp³-hybridized carbons (Fsp3) is 0.125. The fourth-order valence-corrected chi connectivity index (χ4v) is 2.75. The molecule has 146 valence electrons. The Hall–Kier alpha value is -3.73. The fourth-order valence-electron chi connectivity index (χ4n) is 2.75. The molecule has 3 rings (SSSR count). The van der Waals surface area contributed by atoms with E-state index in [0.717, 1.165) is 5.56 Å². The number of nitrogens with zero attached hydrogens (tertiary/aromatic N) is 2. The Morgan fingerprint density at radius 3 is 2.17 bits per heavy atom. The first-order valence-corrected chi connectivity index (χ1v) is 9.30. The Morgan fingerprint density at radius 2 is 1.55 bits per heavy atom. The molecule has 3 aromatic carbocycles. The second kappa shape index (κ2) is 9.99. The average molecular weight is 386 g/mol. The molecule has 0 aliphatic heterocycles. The van der Waals surface area contributed by atoms with Gasteiger partial charge in [-0.2, -0.15) is 5.10 Å². The third kappa shape index (κ3) is 5.17. The van der Waals surface area contributed by atoms with Gasteiger partial charge in [0.1, 0.15) is 5.71 Å². The van der Waals surface area contributed by atoms with E-state index in [1.54, 1.807) is 25.5 Å². The maximum Gasteiger partial charge on any atom is 0.213 e. The van der Waals surface area contributed by atoms with E-state index in [1.807, 2.05) is 73.7 Å². The van der Waals surface area contributed by atoms with E-state index in [1.165, 1.54) is 0 Å². The molecule has 0 aromatic heterocycles. The first kappa shape index (κ1) is 20.0. The summed E-state index contributed by atoms with van der Waals surface area (Å²) in [6.45, 7) is 2.47. The Bertz CT molecular complexity index is 1010. The van der Waals surface area contributed by atoms with Crippen LogP contribution in [0.2, 0.25) is 0 Å². The van der Waals surface area contributed by atoms with Crippen molar-refractivity contribution in [1.82, 2.24) is 0 Å². The Kier molecular flexibility index (Phi) is 6.90. The van der Waals surface area contributed by atoms with Crippen LogP contribution in [0.25, 0.3) is 0 Å². The van der Waals surface area contributed by atoms with E-state index in [9.17, 15) is 4.79 Å². The maximum atomic E-state index is 13.0. The maximum absolute atomic E-state index is 13.0. The van der Waals surface area contributed by atoms with Gasteiger partial charge in [0.05, 0.1) is 19.9 Å². The van der Waals surface area contributed by atoms with E-state index in [4.69, 9.17) is 9.47 Å². The summed E-state index contributed by atoms with van der Waals surface area (Å²) in [6, 6.07) is 23.8. The van der Waals surface area contributed by atoms with Gasteiger partial charge in [-0.05, 0) is 30.7 Å². The van der Waals surface area contributed by atoms with Crippen molar-refractivity contribution in [1.29, 1.82) is 0 Å². The van der Waals surface area contributed by atoms with E-state index >= 15 is 0 Å². The van der Waals surface area contributed by atoms with Crippen LogP contribution in [0.4, 0.5) is 0 Å². The van der Waals surface area contributed by atoms with Gasteiger partial charge in [0.25, 0.3) is 0 Å². The smallest absolute Gasteiger partial charge is 0.213 e. The molecule has 0 radical (unpaired) electrons. The molecule has 0 fully saturated rings. The summed E-state index contributed by atoms with van der Waals surface area (Å²) < 4.78 is 10.9. The highest BCUT2D eigenvalue weighted by Gasteiger charge is 2.16. The number of rotatable bonds is 8. The molecule has 0 amide bonds. The average Bonchev–Trinajstić information content (AvgIpc) is 2.78. The van der Waals surface area contributed by atoms with Gasteiger partial charge in [-0.1, -0.05) is 60.7 Å². The monoisotopic (exact) mass is 386 g/mol. The lowest BCUT2D eigenvalue weighted by Crippen LogP contribution is -2.15. The van der Waals surface area contributed by atoms with E-state index < -0.39 is 0 Å². The molecule has 0 aliphatic rings. The van der Waals surface area contributed by atoms with Crippen LogP contribution in [0, 0.1) is 0 Å². The van der Waals surface area contributed by atoms with Gasteiger partial charge in [-0.15, -0.1) is 5.10 Å². The molecule has 5 nitrogen and oxygen atoms in total. The van der Waals surface area contributed by atoms with Gasteiger partial charge < -0.3 is 9.47 Å². The van der Waals surface area contributed by atoms with Crippen molar-refractivity contribution >= 4 is 17.7 Å². The predicted molar refractivity (Wildman–Crippen MR) is 116 cm³/mol. The first-order chi connectivity index (χ1) is 14.2. The summed E-state index contributed by atoms with van der Waals surface area (Å²) in [5.74, 6) is 1.10. The van der Waals surface area contributed by atoms with Crippen molar-refractivity contribution in [3.05, 3.63) is 95.6 Å². The summed E-state index contributed by atoms with van der Waals surface area (Å²) in [4.78, 5) is 13.0. The second-order valence-corrected chi connectivity index (χ2v) is 6.10. The standard InChI is InChI=1S/C24H22N2O3/c1-3-29-21-15-14-18(16-22(21)28-2)17-25-26-23(19-10-6-4-7-11-19)24(27)20-12-8-5-9-13-20/h4-17H,3H2,1-2H3/b25-17-,26-23-. The van der Waals surface area contributed by atoms with Crippen LogP contribution >= 0.6 is 0 Å². The van der Waals surface area contributed by atoms with Gasteiger partial charge in [-0.25, -0.2) is 0 Å². The minimum atomic E-state index is -0.182. The second-order valence-electron chi connectivity index (χ2n) is 6.10. The molecule has 3 aromatic rings. The Morgan fingerprint density at radius 1 is 0.897 bits per heavy atom. The predicted octanol–water partition coefficient (Wildman–Crippen LogP) is 4.80. The lowest BCUT2D eigenvalue weighted by molar-refractivity contribution is 0.106. The zero-order valence-corrected chi connectivity index (χ0v) is 16.4. The van der Waals surface area contributed by atoms with Gasteiger partial charge in [0, 0.05) is 11.1 Å². The largest absolute Gasteiger partial charge is 0.493 e. The molecule has 0 spiro atoms. The summed E-state index contributed by atoms with van der Waals surface area (Å²) in [7, 11) is 1.59. The van der Waals surface area contributed by atoms with Gasteiger partial charge >= 0.3 is 0 Å². The lowest BCUT2D eigenvalue weighted by atomic mass is 10.0. The summed E-state index contributed by atoms with van der Waals surface area (Å²) in [6.07, 6.45) is 1.58. The van der Waals surface area contributed by atoms with Crippen molar-refractivity contribution in [2.45, 2.75) is 6.92 Å². The Balaban J connectivity index is 1.92. The van der Waals surface area contributed by atoms with Gasteiger partial charge in [-0.3, -0.25) is 4.79 Å². The van der Waals surface area contributed by atoms with E-state index in [0.29, 0.717) is 29.2 Å². The van der Waals surface area contributed by atoms with Crippen molar-refractivity contribution in [3.8, 4) is 11.5 Å². The van der Waals surface area contributed by atoms with Gasteiger partial charge in [0.2, 0.25) is 5.78 Å². The summed E-state index contributed by atoms with van der Waals surface area (Å²) >= 11 is 0. The van der Waals surface area contributed by atoms with Crippen molar-refractivity contribution < 1.29 is 14.3 Å². The number of Topliss-reactive ketones (excluding diaryl/α,β-unsaturated/α-hetero) is 1. The minimum absolute atomic E-state index is 0.182. The van der Waals surface area contributed by atoms with Crippen molar-refractivity contribution in [3.63, 3.8) is 0 Å². The topological polar surface area (TPSA) is 60.2 Å². The zero-order valence-electron chi connectivity index (χ0n) is 16.4. The molecule has 0 unspecified atom stereocenters. The SMILES string of the molecule is CCOc1ccc(/C=N\N=C(/C(=O)c2ccccc2)c2ccccc2)cc1OC. The van der Waals surface area contributed by atoms with E-state index in [2.05, 4.69) is 10.2 Å². The number of ketones is 1. The number of hydrogen-bond donors (Lipinski definition) is 0. The van der Waals surface area contributed by atoms with Crippen molar-refractivity contribution in [2.75, 3.05) is 13.7 Å². The third-order valence-electron chi connectivity index (χ3n) is 4.15. The zero-order chi connectivity index (χ0) is 20.5. The third-order valence-corrected chi connectivity index (χ3v) is 4.15. The molecule has 5 heteroatoms. The van der Waals surface area contributed by atoms with Crippen molar-refractivity contribution in [2.24, 2.45) is 10.2 Å². The highest BCUT2D eigenvalue weighted by molar-refractivity contribution is 6.51. The Labute approximate surface area is 170 Å². The summed E-state index contributed by atoms with van der Waals surface area (Å²) in [5, 5.41) is 8.41. The van der Waals surface area contributed by atoms with E-state index in [-0.39, 0.29) is 11.5 Å². The highest BCUT2D eigenvalue weighted by Crippen LogP contribution is 2.27. The number of methoxy groups -OCH3 is 1. The molecular formula is C24H22N2O3. The molecular weight excluding hydrogens is 364 g/mol. The molecule has 29 heavy (non-hydrogen) atoms. The first-order valence-electron chi connectivity index (χ1n) is 9.30. The molecule has 0 aliphatic carbocycles. The van der Waals surface area contributed by atoms with Crippen LogP contribution in [0.5, 0.6) is 11.5 Å². The van der Waals surface area contributed by atoms with Crippen LogP contribution in [0.3, 0.4) is 0 Å². The molecule has 0 N–H and O–H groups in total. The number of carbonyl (C=O) groups excluding carboxylic acids is 1. The number of carbonyl (C=O) groups is 1. The molecule has 0 saturated heterocycles. The van der Waals surface area contributed by atoms with Gasteiger partial charge in [0.15, 0.2) is 11.5 Å². The van der Waals surface area contributed by atoms with Crippen LogP contribution in [0.15, 0.2) is 89.1 Å². The number of hydrogen-bond acceptors (Lipinski definition) is 5. The number of benzene rings is 3. The van der Waals surface area contributed by atoms with Crippen LogP contribution in [-0.2, 0) is 0 Å². The summed E-state index contributed by atoms with van der Waals surface area (Å²) in [5.41, 5.74) is 2.34. The quantitative estimate of drug-likeness (QED) is 0.317. The van der Waals surface area contributed by atoms with Crippen LogP contribution in [0.1, 0.15) is 28.4 Å². The van der Waals surface area contributed by atoms with Crippen LogP contribution < -0.4 is 9.47 Å². The molecule has 0 saturated carbocycles. The lowest BCUT2D eigenvalue weighted by Gasteiger charge is -2.09. The normalized spacial score (nSPS) is 11.4. The number of ether oxygens (including phenoxy) is 2. The minimum Gasteiger partial charge on any atom is -0.493 e. The molecule has 0 atom stereocenters. The highest BCUT2D eigenvalue weighted by atomic mass is 16.5. The molecule has 0 bridgehead atoms. The van der Waals surface area contributed by atoms with Crippen LogP contribution in [-0.4, -0.2) is 31.4 Å².